The third-order valence-electron chi connectivity index (χ3n) is 3.43. The summed E-state index contributed by atoms with van der Waals surface area (Å²) in [7, 11) is 0. The number of hydrogen-bond donors (Lipinski definition) is 1. The van der Waals surface area contributed by atoms with E-state index < -0.39 is 6.10 Å². The SMILES string of the molecule is C=C(C)CN(CC)CC(O)COCc1ccc2c(c1)OCO2. The van der Waals surface area contributed by atoms with E-state index in [1.807, 2.05) is 25.1 Å². The fourth-order valence-electron chi connectivity index (χ4n) is 2.38. The number of ether oxygens (including phenoxy) is 3. The van der Waals surface area contributed by atoms with Gasteiger partial charge < -0.3 is 19.3 Å². The minimum Gasteiger partial charge on any atom is -0.454 e. The molecule has 1 aromatic carbocycles. The zero-order valence-electron chi connectivity index (χ0n) is 13.4. The van der Waals surface area contributed by atoms with Crippen molar-refractivity contribution in [2.24, 2.45) is 0 Å². The zero-order valence-corrected chi connectivity index (χ0v) is 13.4. The predicted molar refractivity (Wildman–Crippen MR) is 85.2 cm³/mol. The van der Waals surface area contributed by atoms with Crippen molar-refractivity contribution >= 4 is 0 Å². The molecule has 5 nitrogen and oxygen atoms in total. The number of rotatable bonds is 9. The number of nitrogens with zero attached hydrogens (tertiary/aromatic N) is 1. The van der Waals surface area contributed by atoms with E-state index in [4.69, 9.17) is 14.2 Å². The van der Waals surface area contributed by atoms with Gasteiger partial charge in [0.1, 0.15) is 0 Å². The van der Waals surface area contributed by atoms with Crippen LogP contribution in [-0.4, -0.2) is 49.1 Å². The number of aliphatic hydroxyl groups is 1. The molecule has 1 aliphatic rings. The summed E-state index contributed by atoms with van der Waals surface area (Å²) in [5.74, 6) is 1.52. The molecular weight excluding hydrogens is 282 g/mol. The number of benzene rings is 1. The van der Waals surface area contributed by atoms with Crippen LogP contribution in [0, 0.1) is 0 Å². The lowest BCUT2D eigenvalue weighted by molar-refractivity contribution is 0.0120. The van der Waals surface area contributed by atoms with Crippen molar-refractivity contribution in [3.63, 3.8) is 0 Å². The summed E-state index contributed by atoms with van der Waals surface area (Å²) < 4.78 is 16.2. The van der Waals surface area contributed by atoms with Crippen molar-refractivity contribution in [2.75, 3.05) is 33.0 Å². The molecule has 1 unspecified atom stereocenters. The molecule has 0 saturated carbocycles. The Morgan fingerprint density at radius 1 is 1.41 bits per heavy atom. The van der Waals surface area contributed by atoms with Gasteiger partial charge in [0.2, 0.25) is 6.79 Å². The maximum atomic E-state index is 10.1. The fraction of sp³-hybridized carbons (Fsp3) is 0.529. The van der Waals surface area contributed by atoms with Gasteiger partial charge in [-0.15, -0.1) is 0 Å². The van der Waals surface area contributed by atoms with E-state index in [2.05, 4.69) is 18.4 Å². The first-order valence-corrected chi connectivity index (χ1v) is 7.59. The lowest BCUT2D eigenvalue weighted by Crippen LogP contribution is -2.35. The molecule has 1 aliphatic heterocycles. The Morgan fingerprint density at radius 3 is 2.91 bits per heavy atom. The van der Waals surface area contributed by atoms with Crippen LogP contribution < -0.4 is 9.47 Å². The highest BCUT2D eigenvalue weighted by atomic mass is 16.7. The maximum absolute atomic E-state index is 10.1. The van der Waals surface area contributed by atoms with Gasteiger partial charge in [-0.3, -0.25) is 4.90 Å². The highest BCUT2D eigenvalue weighted by Crippen LogP contribution is 2.32. The molecule has 0 bridgehead atoms. The molecule has 0 radical (unpaired) electrons. The van der Waals surface area contributed by atoms with Crippen molar-refractivity contribution in [1.29, 1.82) is 0 Å². The Labute approximate surface area is 132 Å². The molecule has 122 valence electrons. The van der Waals surface area contributed by atoms with Gasteiger partial charge in [0.25, 0.3) is 0 Å². The van der Waals surface area contributed by atoms with E-state index in [1.54, 1.807) is 0 Å². The second-order valence-electron chi connectivity index (χ2n) is 5.64. The monoisotopic (exact) mass is 307 g/mol. The van der Waals surface area contributed by atoms with Gasteiger partial charge in [-0.2, -0.15) is 0 Å². The maximum Gasteiger partial charge on any atom is 0.231 e. The molecule has 1 heterocycles. The minimum absolute atomic E-state index is 0.272. The Kier molecular flexibility index (Phi) is 6.24. The van der Waals surface area contributed by atoms with Crippen molar-refractivity contribution in [3.05, 3.63) is 35.9 Å². The van der Waals surface area contributed by atoms with Crippen molar-refractivity contribution in [3.8, 4) is 11.5 Å². The van der Waals surface area contributed by atoms with Gasteiger partial charge >= 0.3 is 0 Å². The number of likely N-dealkylation sites (N-methyl/N-ethyl adjacent to an activating group) is 1. The molecule has 0 aromatic heterocycles. The summed E-state index contributed by atoms with van der Waals surface area (Å²) in [6, 6.07) is 5.73. The van der Waals surface area contributed by atoms with E-state index >= 15 is 0 Å². The van der Waals surface area contributed by atoms with Crippen LogP contribution in [-0.2, 0) is 11.3 Å². The molecule has 0 fully saturated rings. The summed E-state index contributed by atoms with van der Waals surface area (Å²) >= 11 is 0. The van der Waals surface area contributed by atoms with Gasteiger partial charge in [0, 0.05) is 13.1 Å². The molecule has 2 rings (SSSR count). The standard InChI is InChI=1S/C17H25NO4/c1-4-18(8-13(2)3)9-15(19)11-20-10-14-5-6-16-17(7-14)22-12-21-16/h5-7,15,19H,2,4,8-12H2,1,3H3. The number of aliphatic hydroxyl groups excluding tert-OH is 1. The Hall–Kier alpha value is -1.56. The molecule has 22 heavy (non-hydrogen) atoms. The van der Waals surface area contributed by atoms with Crippen molar-refractivity contribution < 1.29 is 19.3 Å². The first-order valence-electron chi connectivity index (χ1n) is 7.59. The topological polar surface area (TPSA) is 51.2 Å². The highest BCUT2D eigenvalue weighted by molar-refractivity contribution is 5.44. The van der Waals surface area contributed by atoms with E-state index in [1.165, 1.54) is 0 Å². The Morgan fingerprint density at radius 2 is 2.18 bits per heavy atom. The fourth-order valence-corrected chi connectivity index (χ4v) is 2.38. The van der Waals surface area contributed by atoms with E-state index in [0.29, 0.717) is 19.8 Å². The molecule has 1 atom stereocenters. The summed E-state index contributed by atoms with van der Waals surface area (Å²) in [5, 5.41) is 10.1. The average molecular weight is 307 g/mol. The minimum atomic E-state index is -0.506. The Bertz CT molecular complexity index is 503. The van der Waals surface area contributed by atoms with Crippen LogP contribution in [0.15, 0.2) is 30.4 Å². The van der Waals surface area contributed by atoms with Gasteiger partial charge in [-0.05, 0) is 31.2 Å². The number of fused-ring (bicyclic) bond motifs is 1. The van der Waals surface area contributed by atoms with E-state index in [-0.39, 0.29) is 6.79 Å². The summed E-state index contributed by atoms with van der Waals surface area (Å²) in [5.41, 5.74) is 2.10. The third kappa shape index (κ3) is 5.02. The van der Waals surface area contributed by atoms with Crippen LogP contribution in [0.2, 0.25) is 0 Å². The van der Waals surface area contributed by atoms with Gasteiger partial charge in [0.05, 0.1) is 19.3 Å². The molecule has 0 aliphatic carbocycles. The zero-order chi connectivity index (χ0) is 15.9. The first-order chi connectivity index (χ1) is 10.6. The van der Waals surface area contributed by atoms with Gasteiger partial charge in [-0.25, -0.2) is 0 Å². The van der Waals surface area contributed by atoms with Crippen LogP contribution in [0.1, 0.15) is 19.4 Å². The predicted octanol–water partition coefficient (Wildman–Crippen LogP) is 2.19. The smallest absolute Gasteiger partial charge is 0.231 e. The van der Waals surface area contributed by atoms with E-state index in [0.717, 1.165) is 35.7 Å². The lowest BCUT2D eigenvalue weighted by Gasteiger charge is -2.23. The van der Waals surface area contributed by atoms with Crippen molar-refractivity contribution in [1.82, 2.24) is 4.90 Å². The second kappa shape index (κ2) is 8.17. The molecule has 1 aromatic rings. The lowest BCUT2D eigenvalue weighted by atomic mass is 10.2. The second-order valence-corrected chi connectivity index (χ2v) is 5.64. The van der Waals surface area contributed by atoms with Crippen LogP contribution in [0.5, 0.6) is 11.5 Å². The molecule has 1 N–H and O–H groups in total. The quantitative estimate of drug-likeness (QED) is 0.709. The van der Waals surface area contributed by atoms with Gasteiger partial charge in [-0.1, -0.05) is 25.1 Å². The molecule has 5 heteroatoms. The first kappa shape index (κ1) is 16.8. The summed E-state index contributed by atoms with van der Waals surface area (Å²) in [6.07, 6.45) is -0.506. The highest BCUT2D eigenvalue weighted by Gasteiger charge is 2.14. The molecular formula is C17H25NO4. The third-order valence-corrected chi connectivity index (χ3v) is 3.43. The molecule has 0 amide bonds. The largest absolute Gasteiger partial charge is 0.454 e. The van der Waals surface area contributed by atoms with Crippen LogP contribution >= 0.6 is 0 Å². The van der Waals surface area contributed by atoms with Crippen LogP contribution in [0.3, 0.4) is 0 Å². The Balaban J connectivity index is 1.72. The van der Waals surface area contributed by atoms with E-state index in [9.17, 15) is 5.11 Å². The number of hydrogen-bond acceptors (Lipinski definition) is 5. The van der Waals surface area contributed by atoms with Crippen molar-refractivity contribution in [2.45, 2.75) is 26.6 Å². The summed E-state index contributed by atoms with van der Waals surface area (Å²) in [6.45, 7) is 11.3. The summed E-state index contributed by atoms with van der Waals surface area (Å²) in [4.78, 5) is 2.15. The van der Waals surface area contributed by atoms with Crippen LogP contribution in [0.4, 0.5) is 0 Å². The average Bonchev–Trinajstić information content (AvgIpc) is 2.93. The van der Waals surface area contributed by atoms with Crippen LogP contribution in [0.25, 0.3) is 0 Å². The van der Waals surface area contributed by atoms with Gasteiger partial charge in [0.15, 0.2) is 11.5 Å². The molecule has 0 saturated heterocycles. The molecule has 0 spiro atoms. The normalized spacial score (nSPS) is 14.4.